The van der Waals surface area contributed by atoms with Gasteiger partial charge in [-0.1, -0.05) is 27.7 Å². The fourth-order valence-corrected chi connectivity index (χ4v) is 4.38. The lowest BCUT2D eigenvalue weighted by Crippen LogP contribution is -2.44. The first-order valence-electron chi connectivity index (χ1n) is 8.04. The van der Waals surface area contributed by atoms with E-state index in [9.17, 15) is 5.11 Å². The molecule has 0 amide bonds. The number of rotatable bonds is 8. The van der Waals surface area contributed by atoms with Gasteiger partial charge in [-0.15, -0.1) is 0 Å². The van der Waals surface area contributed by atoms with Crippen molar-refractivity contribution in [2.45, 2.75) is 64.7 Å². The Morgan fingerprint density at radius 3 is 2.58 bits per heavy atom. The molecule has 1 aliphatic carbocycles. The number of nitrogens with one attached hydrogen (secondary N) is 1. The molecular formula is C16H33NOS. The van der Waals surface area contributed by atoms with Crippen molar-refractivity contribution < 1.29 is 5.11 Å². The molecule has 0 aromatic carbocycles. The molecule has 2 N–H and O–H groups in total. The lowest BCUT2D eigenvalue weighted by Gasteiger charge is -2.38. The maximum absolute atomic E-state index is 9.18. The number of hydrogen-bond acceptors (Lipinski definition) is 3. The number of hydrogen-bond donors (Lipinski definition) is 2. The van der Waals surface area contributed by atoms with Gasteiger partial charge in [-0.3, -0.25) is 0 Å². The van der Waals surface area contributed by atoms with Crippen molar-refractivity contribution in [2.75, 3.05) is 18.9 Å². The molecule has 0 heterocycles. The Balaban J connectivity index is 2.49. The van der Waals surface area contributed by atoms with E-state index < -0.39 is 0 Å². The van der Waals surface area contributed by atoms with Crippen LogP contribution < -0.4 is 5.32 Å². The zero-order chi connectivity index (χ0) is 14.3. The molecule has 0 saturated heterocycles. The van der Waals surface area contributed by atoms with Crippen LogP contribution in [-0.4, -0.2) is 35.3 Å². The highest BCUT2D eigenvalue weighted by Crippen LogP contribution is 2.36. The van der Waals surface area contributed by atoms with E-state index in [0.717, 1.165) is 29.4 Å². The first-order chi connectivity index (χ1) is 9.08. The number of aliphatic hydroxyl groups excluding tert-OH is 1. The maximum atomic E-state index is 9.18. The summed E-state index contributed by atoms with van der Waals surface area (Å²) in [5.41, 5.74) is 0. The Hall–Kier alpha value is 0.270. The molecular weight excluding hydrogens is 254 g/mol. The third-order valence-corrected chi connectivity index (χ3v) is 6.05. The van der Waals surface area contributed by atoms with E-state index in [1.165, 1.54) is 25.7 Å². The van der Waals surface area contributed by atoms with E-state index >= 15 is 0 Å². The molecule has 0 aromatic heterocycles. The van der Waals surface area contributed by atoms with Crippen molar-refractivity contribution in [3.63, 3.8) is 0 Å². The van der Waals surface area contributed by atoms with Gasteiger partial charge in [0, 0.05) is 17.9 Å². The minimum atomic E-state index is 0.320. The highest BCUT2D eigenvalue weighted by atomic mass is 32.2. The van der Waals surface area contributed by atoms with Crippen LogP contribution >= 0.6 is 11.8 Å². The second kappa shape index (κ2) is 9.25. The van der Waals surface area contributed by atoms with Gasteiger partial charge >= 0.3 is 0 Å². The summed E-state index contributed by atoms with van der Waals surface area (Å²) in [5.74, 6) is 3.22. The lowest BCUT2D eigenvalue weighted by molar-refractivity contribution is 0.242. The SMILES string of the molecule is CCCNC1CCC(C(C)C)CC1SCC(C)CO. The Bertz CT molecular complexity index is 235. The van der Waals surface area contributed by atoms with Gasteiger partial charge in [-0.25, -0.2) is 0 Å². The summed E-state index contributed by atoms with van der Waals surface area (Å²) in [5, 5.41) is 13.7. The standard InChI is InChI=1S/C16H33NOS/c1-5-8-17-15-7-6-14(12(2)3)9-16(15)19-11-13(4)10-18/h12-18H,5-11H2,1-4H3. The van der Waals surface area contributed by atoms with Crippen LogP contribution in [0.25, 0.3) is 0 Å². The minimum absolute atomic E-state index is 0.320. The molecule has 0 aliphatic heterocycles. The van der Waals surface area contributed by atoms with Gasteiger partial charge in [0.2, 0.25) is 0 Å². The van der Waals surface area contributed by atoms with Crippen molar-refractivity contribution in [1.29, 1.82) is 0 Å². The van der Waals surface area contributed by atoms with E-state index in [-0.39, 0.29) is 0 Å². The average molecular weight is 288 g/mol. The van der Waals surface area contributed by atoms with Crippen LogP contribution in [0.3, 0.4) is 0 Å². The Kier molecular flexibility index (Phi) is 8.43. The average Bonchev–Trinajstić information content (AvgIpc) is 2.42. The van der Waals surface area contributed by atoms with Crippen LogP contribution in [0.2, 0.25) is 0 Å². The molecule has 1 aliphatic rings. The molecule has 114 valence electrons. The number of aliphatic hydroxyl groups is 1. The van der Waals surface area contributed by atoms with Crippen LogP contribution in [0.15, 0.2) is 0 Å². The molecule has 0 bridgehead atoms. The van der Waals surface area contributed by atoms with Crippen molar-refractivity contribution in [3.05, 3.63) is 0 Å². The molecule has 1 fully saturated rings. The van der Waals surface area contributed by atoms with Crippen molar-refractivity contribution in [1.82, 2.24) is 5.32 Å². The zero-order valence-electron chi connectivity index (χ0n) is 13.2. The summed E-state index contributed by atoms with van der Waals surface area (Å²) >= 11 is 2.09. The van der Waals surface area contributed by atoms with Crippen LogP contribution in [0.1, 0.15) is 53.4 Å². The van der Waals surface area contributed by atoms with Crippen LogP contribution in [0, 0.1) is 17.8 Å². The third kappa shape index (κ3) is 6.05. The van der Waals surface area contributed by atoms with Gasteiger partial charge in [0.25, 0.3) is 0 Å². The fourth-order valence-electron chi connectivity index (χ4n) is 2.85. The smallest absolute Gasteiger partial charge is 0.0464 e. The number of thioether (sulfide) groups is 1. The van der Waals surface area contributed by atoms with E-state index in [1.54, 1.807) is 0 Å². The van der Waals surface area contributed by atoms with E-state index in [2.05, 4.69) is 44.8 Å². The topological polar surface area (TPSA) is 32.3 Å². The highest BCUT2D eigenvalue weighted by Gasteiger charge is 2.31. The lowest BCUT2D eigenvalue weighted by atomic mass is 9.79. The van der Waals surface area contributed by atoms with E-state index in [0.29, 0.717) is 18.6 Å². The zero-order valence-corrected chi connectivity index (χ0v) is 14.0. The maximum Gasteiger partial charge on any atom is 0.0464 e. The molecule has 0 radical (unpaired) electrons. The molecule has 1 rings (SSSR count). The van der Waals surface area contributed by atoms with Crippen LogP contribution in [0.4, 0.5) is 0 Å². The first kappa shape index (κ1) is 17.3. The summed E-state index contributed by atoms with van der Waals surface area (Å²) in [4.78, 5) is 0. The molecule has 3 heteroatoms. The van der Waals surface area contributed by atoms with Crippen LogP contribution in [-0.2, 0) is 0 Å². The van der Waals surface area contributed by atoms with Crippen LogP contribution in [0.5, 0.6) is 0 Å². The summed E-state index contributed by atoms with van der Waals surface area (Å²) < 4.78 is 0. The molecule has 4 atom stereocenters. The Morgan fingerprint density at radius 2 is 2.00 bits per heavy atom. The second-order valence-corrected chi connectivity index (χ2v) is 7.81. The largest absolute Gasteiger partial charge is 0.396 e. The van der Waals surface area contributed by atoms with Crippen molar-refractivity contribution >= 4 is 11.8 Å². The quantitative estimate of drug-likeness (QED) is 0.716. The van der Waals surface area contributed by atoms with Gasteiger partial charge < -0.3 is 10.4 Å². The fraction of sp³-hybridized carbons (Fsp3) is 1.00. The van der Waals surface area contributed by atoms with Crippen molar-refractivity contribution in [2.24, 2.45) is 17.8 Å². The minimum Gasteiger partial charge on any atom is -0.396 e. The first-order valence-corrected chi connectivity index (χ1v) is 9.09. The van der Waals surface area contributed by atoms with Crippen molar-refractivity contribution in [3.8, 4) is 0 Å². The van der Waals surface area contributed by atoms with Gasteiger partial charge in [-0.2, -0.15) is 11.8 Å². The summed E-state index contributed by atoms with van der Waals surface area (Å²) in [7, 11) is 0. The molecule has 0 aromatic rings. The van der Waals surface area contributed by atoms with Gasteiger partial charge in [0.05, 0.1) is 0 Å². The normalized spacial score (nSPS) is 29.7. The summed E-state index contributed by atoms with van der Waals surface area (Å²) in [6.07, 6.45) is 5.27. The molecule has 2 nitrogen and oxygen atoms in total. The van der Waals surface area contributed by atoms with E-state index in [1.807, 2.05) is 0 Å². The molecule has 4 unspecified atom stereocenters. The molecule has 1 saturated carbocycles. The van der Waals surface area contributed by atoms with Gasteiger partial charge in [0.1, 0.15) is 0 Å². The Morgan fingerprint density at radius 1 is 1.26 bits per heavy atom. The van der Waals surface area contributed by atoms with E-state index in [4.69, 9.17) is 0 Å². The predicted molar refractivity (Wildman–Crippen MR) is 86.8 cm³/mol. The predicted octanol–water partition coefficient (Wildman–Crippen LogP) is 3.54. The van der Waals surface area contributed by atoms with Gasteiger partial charge in [0.15, 0.2) is 0 Å². The third-order valence-electron chi connectivity index (χ3n) is 4.34. The Labute approximate surface area is 124 Å². The summed E-state index contributed by atoms with van der Waals surface area (Å²) in [6, 6.07) is 0.686. The monoisotopic (exact) mass is 287 g/mol. The van der Waals surface area contributed by atoms with Gasteiger partial charge in [-0.05, 0) is 55.7 Å². The molecule has 0 spiro atoms. The second-order valence-electron chi connectivity index (χ2n) is 6.54. The highest BCUT2D eigenvalue weighted by molar-refractivity contribution is 7.99. The summed E-state index contributed by atoms with van der Waals surface area (Å²) in [6.45, 7) is 10.6. The molecule has 19 heavy (non-hydrogen) atoms.